The lowest BCUT2D eigenvalue weighted by Crippen LogP contribution is -2.43. The molecule has 1 saturated heterocycles. The lowest BCUT2D eigenvalue weighted by Gasteiger charge is -2.39. The lowest BCUT2D eigenvalue weighted by atomic mass is 9.82. The monoisotopic (exact) mass is 444 g/mol. The molecule has 170 valence electrons. The van der Waals surface area contributed by atoms with Gasteiger partial charge in [0.2, 0.25) is 0 Å². The number of methoxy groups -OCH3 is 1. The van der Waals surface area contributed by atoms with Gasteiger partial charge in [-0.1, -0.05) is 48.5 Å². The average Bonchev–Trinajstić information content (AvgIpc) is 3.33. The van der Waals surface area contributed by atoms with Crippen molar-refractivity contribution in [1.82, 2.24) is 4.90 Å². The number of likely N-dealkylation sites (tertiary alicyclic amines) is 1. The molecular weight excluding hydrogens is 416 g/mol. The van der Waals surface area contributed by atoms with E-state index in [0.717, 1.165) is 40.1 Å². The number of aliphatic hydroxyl groups excluding tert-OH is 1. The quantitative estimate of drug-likeness (QED) is 0.589. The molecule has 2 aliphatic rings. The fourth-order valence-corrected chi connectivity index (χ4v) is 5.03. The largest absolute Gasteiger partial charge is 0.497 e. The first kappa shape index (κ1) is 21.3. The molecule has 33 heavy (non-hydrogen) atoms. The smallest absolute Gasteiger partial charge is 0.410 e. The molecule has 1 amide bonds. The summed E-state index contributed by atoms with van der Waals surface area (Å²) in [5.74, 6) is 0.935. The zero-order valence-corrected chi connectivity index (χ0v) is 18.6. The number of nitrogens with zero attached hydrogens (tertiary/aromatic N) is 1. The summed E-state index contributed by atoms with van der Waals surface area (Å²) >= 11 is 0. The van der Waals surface area contributed by atoms with Gasteiger partial charge < -0.3 is 24.8 Å². The summed E-state index contributed by atoms with van der Waals surface area (Å²) in [5.41, 5.74) is 5.13. The molecule has 2 aliphatic heterocycles. The minimum absolute atomic E-state index is 0.0216. The first-order valence-corrected chi connectivity index (χ1v) is 11.3. The van der Waals surface area contributed by atoms with Gasteiger partial charge in [0.1, 0.15) is 12.4 Å². The van der Waals surface area contributed by atoms with Crippen LogP contribution < -0.4 is 10.1 Å². The van der Waals surface area contributed by atoms with E-state index in [1.54, 1.807) is 7.11 Å². The van der Waals surface area contributed by atoms with Crippen LogP contribution in [0.1, 0.15) is 23.6 Å². The van der Waals surface area contributed by atoms with E-state index in [1.807, 2.05) is 65.6 Å². The predicted molar refractivity (Wildman–Crippen MR) is 127 cm³/mol. The Bertz CT molecular complexity index is 1120. The number of hydrogen-bond donors (Lipinski definition) is 2. The molecule has 3 aromatic carbocycles. The van der Waals surface area contributed by atoms with Crippen LogP contribution in [0.15, 0.2) is 72.8 Å². The van der Waals surface area contributed by atoms with E-state index in [0.29, 0.717) is 6.54 Å². The van der Waals surface area contributed by atoms with Crippen LogP contribution in [-0.4, -0.2) is 42.4 Å². The third-order valence-corrected chi connectivity index (χ3v) is 6.73. The molecule has 0 aromatic heterocycles. The number of amides is 1. The Morgan fingerprint density at radius 3 is 2.55 bits per heavy atom. The van der Waals surface area contributed by atoms with Crippen molar-refractivity contribution in [2.75, 3.05) is 25.6 Å². The Labute approximate surface area is 193 Å². The standard InChI is InChI=1S/C27H28N2O4/c1-32-21-10-7-19(8-11-21)20-9-12-24-23(15-20)26-22(25(16-30)28-24)13-14-29(26)27(31)33-17-18-5-3-2-4-6-18/h2-12,15,22,25-26,28,30H,13-14,16-17H2,1H3/t22-,25+,26-/m0/s1. The number of carbonyl (C=O) groups excluding carboxylic acids is 1. The van der Waals surface area contributed by atoms with Crippen LogP contribution in [0, 0.1) is 5.92 Å². The van der Waals surface area contributed by atoms with Crippen molar-refractivity contribution in [3.63, 3.8) is 0 Å². The Morgan fingerprint density at radius 2 is 1.82 bits per heavy atom. The molecule has 3 aromatic rings. The second kappa shape index (κ2) is 9.16. The summed E-state index contributed by atoms with van der Waals surface area (Å²) in [5, 5.41) is 13.5. The topological polar surface area (TPSA) is 71.0 Å². The van der Waals surface area contributed by atoms with Gasteiger partial charge in [0.25, 0.3) is 0 Å². The van der Waals surface area contributed by atoms with E-state index in [2.05, 4.69) is 17.4 Å². The summed E-state index contributed by atoms with van der Waals surface area (Å²) < 4.78 is 11.0. The van der Waals surface area contributed by atoms with E-state index in [1.165, 1.54) is 0 Å². The van der Waals surface area contributed by atoms with Crippen molar-refractivity contribution in [3.05, 3.63) is 83.9 Å². The summed E-state index contributed by atoms with van der Waals surface area (Å²) in [6, 6.07) is 23.7. The van der Waals surface area contributed by atoms with Gasteiger partial charge in [-0.05, 0) is 52.9 Å². The highest BCUT2D eigenvalue weighted by Crippen LogP contribution is 2.47. The molecule has 2 heterocycles. The van der Waals surface area contributed by atoms with Crippen LogP contribution in [0.5, 0.6) is 5.75 Å². The minimum Gasteiger partial charge on any atom is -0.497 e. The highest BCUT2D eigenvalue weighted by molar-refractivity contribution is 5.74. The zero-order chi connectivity index (χ0) is 22.8. The van der Waals surface area contributed by atoms with Crippen molar-refractivity contribution in [2.45, 2.75) is 25.1 Å². The van der Waals surface area contributed by atoms with Crippen LogP contribution in [-0.2, 0) is 11.3 Å². The Hall–Kier alpha value is -3.51. The molecule has 6 heteroatoms. The first-order chi connectivity index (χ1) is 16.2. The molecule has 6 nitrogen and oxygen atoms in total. The summed E-state index contributed by atoms with van der Waals surface area (Å²) in [7, 11) is 1.66. The van der Waals surface area contributed by atoms with Crippen molar-refractivity contribution in [3.8, 4) is 16.9 Å². The highest BCUT2D eigenvalue weighted by Gasteiger charge is 2.46. The maximum absolute atomic E-state index is 13.1. The molecule has 0 aliphatic carbocycles. The average molecular weight is 445 g/mol. The van der Waals surface area contributed by atoms with Gasteiger partial charge in [-0.3, -0.25) is 0 Å². The van der Waals surface area contributed by atoms with Gasteiger partial charge in [0.05, 0.1) is 25.8 Å². The maximum Gasteiger partial charge on any atom is 0.410 e. The second-order valence-electron chi connectivity index (χ2n) is 8.59. The molecular formula is C27H28N2O4. The van der Waals surface area contributed by atoms with Gasteiger partial charge in [0.15, 0.2) is 0 Å². The van der Waals surface area contributed by atoms with Crippen LogP contribution in [0.2, 0.25) is 0 Å². The van der Waals surface area contributed by atoms with Gasteiger partial charge in [-0.2, -0.15) is 0 Å². The number of ether oxygens (including phenoxy) is 2. The van der Waals surface area contributed by atoms with Crippen LogP contribution >= 0.6 is 0 Å². The molecule has 0 unspecified atom stereocenters. The summed E-state index contributed by atoms with van der Waals surface area (Å²) in [6.45, 7) is 0.870. The zero-order valence-electron chi connectivity index (χ0n) is 18.6. The third-order valence-electron chi connectivity index (χ3n) is 6.73. The number of fused-ring (bicyclic) bond motifs is 3. The van der Waals surface area contributed by atoms with E-state index in [4.69, 9.17) is 9.47 Å². The number of benzene rings is 3. The number of anilines is 1. The Morgan fingerprint density at radius 1 is 1.06 bits per heavy atom. The van der Waals surface area contributed by atoms with Gasteiger partial charge in [-0.15, -0.1) is 0 Å². The van der Waals surface area contributed by atoms with E-state index in [-0.39, 0.29) is 37.3 Å². The number of carbonyl (C=O) groups is 1. The SMILES string of the molecule is COc1ccc(-c2ccc3c(c2)[C@@H]2[C@@H](CCN2C(=O)OCc2ccccc2)[C@@H](CO)N3)cc1. The number of aliphatic hydroxyl groups is 1. The van der Waals surface area contributed by atoms with Gasteiger partial charge in [-0.25, -0.2) is 4.79 Å². The molecule has 1 fully saturated rings. The van der Waals surface area contributed by atoms with Crippen molar-refractivity contribution in [2.24, 2.45) is 5.92 Å². The lowest BCUT2D eigenvalue weighted by molar-refractivity contribution is 0.0845. The second-order valence-corrected chi connectivity index (χ2v) is 8.59. The normalized spacial score (nSPS) is 21.0. The number of hydrogen-bond acceptors (Lipinski definition) is 5. The fourth-order valence-electron chi connectivity index (χ4n) is 5.03. The van der Waals surface area contributed by atoms with Crippen LogP contribution in [0.25, 0.3) is 11.1 Å². The minimum atomic E-state index is -0.314. The predicted octanol–water partition coefficient (Wildman–Crippen LogP) is 4.85. The van der Waals surface area contributed by atoms with Crippen LogP contribution in [0.4, 0.5) is 10.5 Å². The number of rotatable bonds is 5. The van der Waals surface area contributed by atoms with Gasteiger partial charge in [0, 0.05) is 18.2 Å². The molecule has 3 atom stereocenters. The first-order valence-electron chi connectivity index (χ1n) is 11.3. The van der Waals surface area contributed by atoms with Crippen molar-refractivity contribution < 1.29 is 19.4 Å². The molecule has 5 rings (SSSR count). The van der Waals surface area contributed by atoms with E-state index < -0.39 is 0 Å². The van der Waals surface area contributed by atoms with Crippen molar-refractivity contribution in [1.29, 1.82) is 0 Å². The highest BCUT2D eigenvalue weighted by atomic mass is 16.6. The third kappa shape index (κ3) is 4.14. The van der Waals surface area contributed by atoms with Crippen LogP contribution in [0.3, 0.4) is 0 Å². The molecule has 0 radical (unpaired) electrons. The number of nitrogens with one attached hydrogen (secondary N) is 1. The summed E-state index contributed by atoms with van der Waals surface area (Å²) in [4.78, 5) is 14.9. The van der Waals surface area contributed by atoms with Crippen molar-refractivity contribution >= 4 is 11.8 Å². The Balaban J connectivity index is 1.44. The van der Waals surface area contributed by atoms with E-state index in [9.17, 15) is 9.90 Å². The molecule has 0 saturated carbocycles. The molecule has 0 bridgehead atoms. The molecule has 0 spiro atoms. The maximum atomic E-state index is 13.1. The van der Waals surface area contributed by atoms with Gasteiger partial charge >= 0.3 is 6.09 Å². The fraction of sp³-hybridized carbons (Fsp3) is 0.296. The van der Waals surface area contributed by atoms with E-state index >= 15 is 0 Å². The summed E-state index contributed by atoms with van der Waals surface area (Å²) in [6.07, 6.45) is 0.501. The Kier molecular flexibility index (Phi) is 5.92. The molecule has 2 N–H and O–H groups in total.